The highest BCUT2D eigenvalue weighted by Gasteiger charge is 2.59. The molecule has 2 atom stereocenters. The van der Waals surface area contributed by atoms with Crippen LogP contribution in [0, 0.1) is 24.2 Å². The van der Waals surface area contributed by atoms with Gasteiger partial charge in [-0.05, 0) is 31.9 Å². The molecule has 5 nitrogen and oxygen atoms in total. The fourth-order valence-corrected chi connectivity index (χ4v) is 6.08. The molecule has 0 radical (unpaired) electrons. The first kappa shape index (κ1) is 18.9. The zero-order valence-electron chi connectivity index (χ0n) is 16.7. The summed E-state index contributed by atoms with van der Waals surface area (Å²) in [6.07, 6.45) is 2.22. The number of amides is 2. The van der Waals surface area contributed by atoms with Crippen molar-refractivity contribution in [3.05, 3.63) is 21.9 Å². The van der Waals surface area contributed by atoms with E-state index in [0.717, 1.165) is 52.1 Å². The Kier molecular flexibility index (Phi) is 5.06. The van der Waals surface area contributed by atoms with Gasteiger partial charge in [-0.1, -0.05) is 13.8 Å². The summed E-state index contributed by atoms with van der Waals surface area (Å²) in [4.78, 5) is 35.4. The lowest BCUT2D eigenvalue weighted by Gasteiger charge is -2.32. The summed E-state index contributed by atoms with van der Waals surface area (Å²) in [7, 11) is 0. The van der Waals surface area contributed by atoms with Gasteiger partial charge in [0.1, 0.15) is 0 Å². The lowest BCUT2D eigenvalue weighted by atomic mass is 9.79. The number of carbonyl (C=O) groups is 2. The number of likely N-dealkylation sites (tertiary alicyclic amines) is 3. The van der Waals surface area contributed by atoms with E-state index in [1.165, 1.54) is 9.75 Å². The van der Waals surface area contributed by atoms with Gasteiger partial charge in [0.05, 0.1) is 5.41 Å². The summed E-state index contributed by atoms with van der Waals surface area (Å²) in [5, 5.41) is 0. The molecule has 3 fully saturated rings. The third-order valence-corrected chi connectivity index (χ3v) is 7.47. The van der Waals surface area contributed by atoms with Crippen LogP contribution in [0.3, 0.4) is 0 Å². The zero-order chi connectivity index (χ0) is 19.2. The van der Waals surface area contributed by atoms with Crippen LogP contribution in [0.15, 0.2) is 12.1 Å². The maximum atomic E-state index is 13.6. The van der Waals surface area contributed by atoms with Crippen molar-refractivity contribution in [2.45, 2.75) is 40.2 Å². The van der Waals surface area contributed by atoms with Crippen LogP contribution in [0.25, 0.3) is 0 Å². The minimum Gasteiger partial charge on any atom is -0.342 e. The molecule has 4 rings (SSSR count). The van der Waals surface area contributed by atoms with Crippen LogP contribution in [0.4, 0.5) is 0 Å². The summed E-state index contributed by atoms with van der Waals surface area (Å²) in [5.74, 6) is 0.745. The van der Waals surface area contributed by atoms with E-state index in [0.29, 0.717) is 12.5 Å². The van der Waals surface area contributed by atoms with Crippen molar-refractivity contribution in [3.8, 4) is 0 Å². The second-order valence-corrected chi connectivity index (χ2v) is 10.3. The molecule has 3 aliphatic heterocycles. The first-order valence-electron chi connectivity index (χ1n) is 10.2. The van der Waals surface area contributed by atoms with E-state index in [2.05, 4.69) is 28.9 Å². The lowest BCUT2D eigenvalue weighted by molar-refractivity contribution is -0.142. The Morgan fingerprint density at radius 1 is 1.15 bits per heavy atom. The van der Waals surface area contributed by atoms with Gasteiger partial charge in [0.2, 0.25) is 11.8 Å². The number of fused-ring (bicyclic) bond motifs is 1. The molecule has 2 amide bonds. The van der Waals surface area contributed by atoms with Crippen LogP contribution < -0.4 is 0 Å². The SMILES string of the molecule is Cc1ccc(CN2C[C@@H]3CN(C(=O)C(C)C)C[C@]3(C(=O)N3CCCC3)C2)s1. The molecule has 3 aliphatic rings. The zero-order valence-corrected chi connectivity index (χ0v) is 17.6. The molecule has 0 spiro atoms. The third kappa shape index (κ3) is 3.42. The number of rotatable bonds is 4. The Balaban J connectivity index is 1.55. The predicted molar refractivity (Wildman–Crippen MR) is 107 cm³/mol. The number of aryl methyl sites for hydroxylation is 1. The molecule has 6 heteroatoms. The van der Waals surface area contributed by atoms with Crippen LogP contribution in [-0.4, -0.2) is 65.8 Å². The van der Waals surface area contributed by atoms with Gasteiger partial charge in [-0.25, -0.2) is 0 Å². The monoisotopic (exact) mass is 389 g/mol. The molecule has 3 saturated heterocycles. The summed E-state index contributed by atoms with van der Waals surface area (Å²) >= 11 is 1.84. The summed E-state index contributed by atoms with van der Waals surface area (Å²) < 4.78 is 0. The second-order valence-electron chi connectivity index (χ2n) is 8.91. The van der Waals surface area contributed by atoms with Gasteiger partial charge in [0, 0.05) is 67.4 Å². The van der Waals surface area contributed by atoms with Gasteiger partial charge >= 0.3 is 0 Å². The van der Waals surface area contributed by atoms with Crippen molar-refractivity contribution >= 4 is 23.2 Å². The Bertz CT molecular complexity index is 725. The molecule has 1 aromatic rings. The van der Waals surface area contributed by atoms with Crippen LogP contribution in [0.2, 0.25) is 0 Å². The number of hydrogen-bond donors (Lipinski definition) is 0. The number of thiophene rings is 1. The first-order chi connectivity index (χ1) is 12.9. The van der Waals surface area contributed by atoms with Crippen molar-refractivity contribution in [2.75, 3.05) is 39.3 Å². The fourth-order valence-electron chi connectivity index (χ4n) is 5.15. The molecular formula is C21H31N3O2S. The van der Waals surface area contributed by atoms with Crippen LogP contribution in [0.1, 0.15) is 36.4 Å². The second kappa shape index (κ2) is 7.21. The molecule has 4 heterocycles. The molecular weight excluding hydrogens is 358 g/mol. The maximum absolute atomic E-state index is 13.6. The molecule has 0 saturated carbocycles. The topological polar surface area (TPSA) is 43.9 Å². The highest BCUT2D eigenvalue weighted by molar-refractivity contribution is 7.11. The lowest BCUT2D eigenvalue weighted by Crippen LogP contribution is -2.49. The average molecular weight is 390 g/mol. The minimum atomic E-state index is -0.402. The predicted octanol–water partition coefficient (Wildman–Crippen LogP) is 2.60. The van der Waals surface area contributed by atoms with Gasteiger partial charge in [0.15, 0.2) is 0 Å². The minimum absolute atomic E-state index is 0.00652. The van der Waals surface area contributed by atoms with Crippen molar-refractivity contribution < 1.29 is 9.59 Å². The van der Waals surface area contributed by atoms with E-state index in [1.54, 1.807) is 0 Å². The smallest absolute Gasteiger partial charge is 0.232 e. The molecule has 27 heavy (non-hydrogen) atoms. The first-order valence-corrected chi connectivity index (χ1v) is 11.1. The molecule has 0 aromatic carbocycles. The van der Waals surface area contributed by atoms with E-state index in [-0.39, 0.29) is 17.7 Å². The average Bonchev–Trinajstić information content (AvgIpc) is 3.37. The van der Waals surface area contributed by atoms with Crippen molar-refractivity contribution in [3.63, 3.8) is 0 Å². The summed E-state index contributed by atoms with van der Waals surface area (Å²) in [6.45, 7) is 11.8. The largest absolute Gasteiger partial charge is 0.342 e. The Morgan fingerprint density at radius 3 is 2.52 bits per heavy atom. The molecule has 0 aliphatic carbocycles. The Labute approximate surface area is 166 Å². The van der Waals surface area contributed by atoms with Gasteiger partial charge in [0.25, 0.3) is 0 Å². The number of hydrogen-bond acceptors (Lipinski definition) is 4. The molecule has 0 unspecified atom stereocenters. The normalized spacial score (nSPS) is 28.4. The summed E-state index contributed by atoms with van der Waals surface area (Å²) in [5.41, 5.74) is -0.402. The van der Waals surface area contributed by atoms with Gasteiger partial charge in [-0.15, -0.1) is 11.3 Å². The van der Waals surface area contributed by atoms with E-state index in [9.17, 15) is 9.59 Å². The van der Waals surface area contributed by atoms with Crippen LogP contribution in [0.5, 0.6) is 0 Å². The standard InChI is InChI=1S/C21H31N3O2S/c1-15(2)19(25)24-11-17-10-22(12-18-7-6-16(3)27-18)13-21(17,14-24)20(26)23-8-4-5-9-23/h6-7,15,17H,4-5,8-14H2,1-3H3/t17-,21-/m1/s1. The maximum Gasteiger partial charge on any atom is 0.232 e. The molecule has 0 N–H and O–H groups in total. The quantitative estimate of drug-likeness (QED) is 0.795. The van der Waals surface area contributed by atoms with E-state index in [4.69, 9.17) is 0 Å². The highest BCUT2D eigenvalue weighted by atomic mass is 32.1. The van der Waals surface area contributed by atoms with Gasteiger partial charge < -0.3 is 9.80 Å². The number of nitrogens with zero attached hydrogens (tertiary/aromatic N) is 3. The van der Waals surface area contributed by atoms with Crippen molar-refractivity contribution in [1.82, 2.24) is 14.7 Å². The van der Waals surface area contributed by atoms with E-state index >= 15 is 0 Å². The molecule has 148 valence electrons. The van der Waals surface area contributed by atoms with Crippen molar-refractivity contribution in [2.24, 2.45) is 17.3 Å². The Hall–Kier alpha value is -1.40. The van der Waals surface area contributed by atoms with Crippen LogP contribution in [-0.2, 0) is 16.1 Å². The third-order valence-electron chi connectivity index (χ3n) is 6.48. The van der Waals surface area contributed by atoms with E-state index in [1.807, 2.05) is 30.1 Å². The van der Waals surface area contributed by atoms with E-state index < -0.39 is 5.41 Å². The van der Waals surface area contributed by atoms with Crippen LogP contribution >= 0.6 is 11.3 Å². The Morgan fingerprint density at radius 2 is 1.89 bits per heavy atom. The van der Waals surface area contributed by atoms with Crippen molar-refractivity contribution in [1.29, 1.82) is 0 Å². The fraction of sp³-hybridized carbons (Fsp3) is 0.714. The van der Waals surface area contributed by atoms with Gasteiger partial charge in [-0.3, -0.25) is 14.5 Å². The summed E-state index contributed by atoms with van der Waals surface area (Å²) in [6, 6.07) is 4.38. The molecule has 1 aromatic heterocycles. The van der Waals surface area contributed by atoms with Gasteiger partial charge in [-0.2, -0.15) is 0 Å². The highest BCUT2D eigenvalue weighted by Crippen LogP contribution is 2.45. The molecule has 0 bridgehead atoms. The number of carbonyl (C=O) groups excluding carboxylic acids is 2.